The van der Waals surface area contributed by atoms with Crippen molar-refractivity contribution in [2.24, 2.45) is 0 Å². The van der Waals surface area contributed by atoms with E-state index in [-0.39, 0.29) is 0 Å². The van der Waals surface area contributed by atoms with Gasteiger partial charge in [-0.15, -0.1) is 0 Å². The van der Waals surface area contributed by atoms with Gasteiger partial charge in [0.2, 0.25) is 11.4 Å². The van der Waals surface area contributed by atoms with Crippen LogP contribution in [0.4, 0.5) is 0 Å². The number of hydrogen-bond donors (Lipinski definition) is 0. The van der Waals surface area contributed by atoms with Crippen molar-refractivity contribution in [1.29, 1.82) is 0 Å². The summed E-state index contributed by atoms with van der Waals surface area (Å²) in [6, 6.07) is 17.5. The van der Waals surface area contributed by atoms with Gasteiger partial charge in [-0.05, 0) is 73.9 Å². The zero-order valence-corrected chi connectivity index (χ0v) is 25.7. The van der Waals surface area contributed by atoms with E-state index in [1.165, 1.54) is 66.3 Å². The van der Waals surface area contributed by atoms with Gasteiger partial charge < -0.3 is 5.53 Å². The summed E-state index contributed by atoms with van der Waals surface area (Å²) < 4.78 is 1.45. The summed E-state index contributed by atoms with van der Waals surface area (Å²) in [6.45, 7) is 13.9. The van der Waals surface area contributed by atoms with E-state index in [1.54, 1.807) is 14.4 Å². The molecule has 1 heterocycles. The summed E-state index contributed by atoms with van der Waals surface area (Å²) >= 11 is 1.66. The molecule has 0 aliphatic carbocycles. The number of hydrogen-bond acceptors (Lipinski definition) is 0. The molecule has 3 heteroatoms. The van der Waals surface area contributed by atoms with Crippen molar-refractivity contribution in [3.63, 3.8) is 0 Å². The summed E-state index contributed by atoms with van der Waals surface area (Å²) in [7, 11) is 0. The maximum Gasteiger partial charge on any atom is 0.210 e. The Hall–Kier alpha value is -2.51. The van der Waals surface area contributed by atoms with Gasteiger partial charge in [0.05, 0.1) is 0 Å². The Morgan fingerprint density at radius 3 is 1.85 bits per heavy atom. The minimum atomic E-state index is 0.905. The summed E-state index contributed by atoms with van der Waals surface area (Å²) in [4.78, 5) is 0. The van der Waals surface area contributed by atoms with E-state index in [1.807, 2.05) is 12.2 Å². The predicted octanol–water partition coefficient (Wildman–Crippen LogP) is 11.4. The Bertz CT molecular complexity index is 1100. The van der Waals surface area contributed by atoms with E-state index < -0.39 is 0 Å². The molecule has 0 fully saturated rings. The van der Waals surface area contributed by atoms with Gasteiger partial charge in [-0.1, -0.05) is 77.1 Å². The SMILES string of the molecule is C=C[CH2][Ni][CH2]C=C.CCCCCCC1=C(c2cccc(CCCC)c2)[N+](=[N-])C(c2cccc(CCCC)c2)=C1. The predicted molar refractivity (Wildman–Crippen MR) is 167 cm³/mol. The molecule has 0 spiro atoms. The van der Waals surface area contributed by atoms with E-state index in [0.29, 0.717) is 0 Å². The van der Waals surface area contributed by atoms with Gasteiger partial charge in [-0.2, -0.15) is 0 Å². The number of unbranched alkanes of at least 4 members (excludes halogenated alkanes) is 5. The molecular weight excluding hydrogens is 519 g/mol. The molecule has 0 unspecified atom stereocenters. The van der Waals surface area contributed by atoms with Gasteiger partial charge in [0.1, 0.15) is 0 Å². The Balaban J connectivity index is 0.000000673. The van der Waals surface area contributed by atoms with Crippen molar-refractivity contribution in [2.45, 2.75) is 102 Å². The van der Waals surface area contributed by atoms with Gasteiger partial charge >= 0.3 is 50.5 Å². The zero-order chi connectivity index (χ0) is 28.3. The Morgan fingerprint density at radius 1 is 0.718 bits per heavy atom. The molecule has 0 amide bonds. The van der Waals surface area contributed by atoms with E-state index >= 15 is 0 Å². The van der Waals surface area contributed by atoms with Crippen LogP contribution >= 0.6 is 0 Å². The number of nitrogens with zero attached hydrogens (tertiary/aromatic N) is 2. The molecule has 0 radical (unpaired) electrons. The standard InChI is InChI=1S/C30H40N2.2C3H5.Ni/c1-4-7-10-11-18-28-23-29(26-19-12-16-24(21-26)14-8-5-2)32(31)30(28)27-20-13-17-25(22-27)15-9-6-3;2*1-3-2;/h12-13,16-17,19-23H,4-11,14-15,18H2,1-3H3;2*3H,1-2H2;. The molecule has 2 aromatic rings. The second kappa shape index (κ2) is 19.5. The van der Waals surface area contributed by atoms with Crippen LogP contribution in [0.25, 0.3) is 16.9 Å². The van der Waals surface area contributed by atoms with Crippen LogP contribution in [0.1, 0.15) is 101 Å². The maximum atomic E-state index is 11.4. The van der Waals surface area contributed by atoms with Crippen LogP contribution in [0, 0.1) is 0 Å². The fourth-order valence-corrected chi connectivity index (χ4v) is 5.27. The van der Waals surface area contributed by atoms with Crippen LogP contribution in [0.3, 0.4) is 0 Å². The van der Waals surface area contributed by atoms with Crippen molar-refractivity contribution in [3.8, 4) is 0 Å². The molecule has 2 nitrogen and oxygen atoms in total. The fraction of sp³-hybridized carbons (Fsp3) is 0.444. The summed E-state index contributed by atoms with van der Waals surface area (Å²) in [5, 5.41) is 2.11. The minimum absolute atomic E-state index is 0.905. The number of rotatable bonds is 17. The van der Waals surface area contributed by atoms with Crippen LogP contribution in [-0.4, -0.2) is 4.70 Å². The third kappa shape index (κ3) is 11.2. The molecule has 0 bridgehead atoms. The molecule has 39 heavy (non-hydrogen) atoms. The summed E-state index contributed by atoms with van der Waals surface area (Å²) in [6.07, 6.45) is 18.9. The largest absolute Gasteiger partial charge is 0.493 e. The Kier molecular flexibility index (Phi) is 16.4. The van der Waals surface area contributed by atoms with Crippen molar-refractivity contribution in [2.75, 3.05) is 0 Å². The molecule has 0 N–H and O–H groups in total. The first-order chi connectivity index (χ1) is 19.1. The normalized spacial score (nSPS) is 12.8. The fourth-order valence-electron chi connectivity index (χ4n) is 4.70. The number of allylic oxidation sites excluding steroid dienone is 4. The molecule has 2 aromatic carbocycles. The van der Waals surface area contributed by atoms with Crippen molar-refractivity contribution >= 4 is 11.4 Å². The van der Waals surface area contributed by atoms with Crippen LogP contribution < -0.4 is 0 Å². The maximum absolute atomic E-state index is 11.4. The van der Waals surface area contributed by atoms with Gasteiger partial charge in [-0.3, -0.25) is 0 Å². The number of benzene rings is 2. The van der Waals surface area contributed by atoms with E-state index in [4.69, 9.17) is 0 Å². The molecule has 3 rings (SSSR count). The molecule has 0 atom stereocenters. The molecule has 1 aliphatic rings. The molecule has 214 valence electrons. The van der Waals surface area contributed by atoms with Gasteiger partial charge in [0, 0.05) is 22.8 Å². The Morgan fingerprint density at radius 2 is 1.28 bits per heavy atom. The second-order valence-electron chi connectivity index (χ2n) is 10.1. The topological polar surface area (TPSA) is 25.3 Å². The molecule has 1 aliphatic heterocycles. The first-order valence-electron chi connectivity index (χ1n) is 14.9. The van der Waals surface area contributed by atoms with Crippen molar-refractivity contribution < 1.29 is 19.1 Å². The molecule has 0 aromatic heterocycles. The van der Waals surface area contributed by atoms with E-state index in [0.717, 1.165) is 59.0 Å². The van der Waals surface area contributed by atoms with Crippen LogP contribution in [0.15, 0.2) is 85.5 Å². The average Bonchev–Trinajstić information content (AvgIpc) is 3.29. The Labute approximate surface area is 245 Å². The van der Waals surface area contributed by atoms with E-state index in [9.17, 15) is 5.53 Å². The van der Waals surface area contributed by atoms with Crippen LogP contribution in [0.5, 0.6) is 0 Å². The first-order valence-corrected chi connectivity index (χ1v) is 16.3. The van der Waals surface area contributed by atoms with E-state index in [2.05, 4.69) is 88.5 Å². The third-order valence-corrected chi connectivity index (χ3v) is 7.92. The summed E-state index contributed by atoms with van der Waals surface area (Å²) in [5.41, 5.74) is 19.4. The van der Waals surface area contributed by atoms with Gasteiger partial charge in [-0.25, -0.2) is 4.70 Å². The van der Waals surface area contributed by atoms with Gasteiger partial charge in [0.25, 0.3) is 0 Å². The van der Waals surface area contributed by atoms with Crippen molar-refractivity contribution in [1.82, 2.24) is 0 Å². The molecule has 0 saturated carbocycles. The minimum Gasteiger partial charge on any atom is -0.493 e. The monoisotopic (exact) mass is 568 g/mol. The van der Waals surface area contributed by atoms with Crippen LogP contribution in [-0.2, 0) is 27.3 Å². The van der Waals surface area contributed by atoms with Crippen LogP contribution in [0.2, 0.25) is 10.8 Å². The third-order valence-electron chi connectivity index (χ3n) is 6.78. The second-order valence-corrected chi connectivity index (χ2v) is 11.4. The quantitative estimate of drug-likeness (QED) is 0.0784. The van der Waals surface area contributed by atoms with Crippen molar-refractivity contribution in [3.05, 3.63) is 113 Å². The zero-order valence-electron chi connectivity index (χ0n) is 24.7. The van der Waals surface area contributed by atoms with Gasteiger partial charge in [0.15, 0.2) is 0 Å². The molecule has 0 saturated heterocycles. The molecular formula is C36H50N2Ni. The summed E-state index contributed by atoms with van der Waals surface area (Å²) in [5.74, 6) is 0. The average molecular weight is 570 g/mol. The first kappa shape index (κ1) is 32.7. The number of aryl methyl sites for hydroxylation is 2. The smallest absolute Gasteiger partial charge is 0.210 e.